The van der Waals surface area contributed by atoms with Crippen molar-refractivity contribution < 1.29 is 10.1 Å². The van der Waals surface area contributed by atoms with E-state index >= 15 is 0 Å². The first-order chi connectivity index (χ1) is 10.3. The number of benzene rings is 2. The molecule has 0 atom stereocenters. The van der Waals surface area contributed by atoms with Crippen molar-refractivity contribution in [3.8, 4) is 5.75 Å². The molecule has 0 heterocycles. The van der Waals surface area contributed by atoms with Gasteiger partial charge in [0.1, 0.15) is 5.75 Å². The van der Waals surface area contributed by atoms with Gasteiger partial charge < -0.3 is 10.1 Å². The van der Waals surface area contributed by atoms with Gasteiger partial charge in [-0.3, -0.25) is 0 Å². The zero-order valence-electron chi connectivity index (χ0n) is 12.8. The number of hydrogen-bond acceptors (Lipinski definition) is 1. The Hall–Kier alpha value is -1.06. The van der Waals surface area contributed by atoms with Crippen molar-refractivity contribution in [2.75, 3.05) is 19.7 Å². The average Bonchev–Trinajstić information content (AvgIpc) is 2.52. The fourth-order valence-corrected chi connectivity index (χ4v) is 3.00. The van der Waals surface area contributed by atoms with Crippen LogP contribution in [-0.2, 0) is 0 Å². The summed E-state index contributed by atoms with van der Waals surface area (Å²) in [4.78, 5) is 0. The summed E-state index contributed by atoms with van der Waals surface area (Å²) in [6, 6.07) is 12.5. The molecule has 0 amide bonds. The predicted octanol–water partition coefficient (Wildman–Crippen LogP) is 4.12. The summed E-state index contributed by atoms with van der Waals surface area (Å²) in [6.07, 6.45) is 4.94. The maximum Gasteiger partial charge on any atom is 0.134 e. The Morgan fingerprint density at radius 2 is 1.81 bits per heavy atom. The first kappa shape index (κ1) is 16.3. The highest BCUT2D eigenvalue weighted by atomic mass is 79.9. The van der Waals surface area contributed by atoms with E-state index in [4.69, 9.17) is 4.74 Å². The van der Waals surface area contributed by atoms with E-state index in [0.717, 1.165) is 23.2 Å². The minimum atomic E-state index is 0.790. The van der Waals surface area contributed by atoms with E-state index < -0.39 is 0 Å². The molecule has 0 unspecified atom stereocenters. The molecule has 2 rings (SSSR count). The van der Waals surface area contributed by atoms with Crippen molar-refractivity contribution >= 4 is 26.7 Å². The van der Waals surface area contributed by atoms with Crippen molar-refractivity contribution in [1.82, 2.24) is 0 Å². The van der Waals surface area contributed by atoms with Gasteiger partial charge in [0.2, 0.25) is 0 Å². The van der Waals surface area contributed by atoms with E-state index in [9.17, 15) is 0 Å². The van der Waals surface area contributed by atoms with Crippen LogP contribution in [0.5, 0.6) is 5.75 Å². The number of fused-ring (bicyclic) bond motifs is 1. The standard InChI is InChI=1S/C18H24BrNO/c1-2-3-12-20-13-6-7-14-21-17-11-10-15-8-4-5-9-16(15)18(17)19/h4-5,8-11,20H,2-3,6-7,12-14H2,1H3/p+1. The predicted molar refractivity (Wildman–Crippen MR) is 92.9 cm³/mol. The van der Waals surface area contributed by atoms with Gasteiger partial charge in [0.05, 0.1) is 24.2 Å². The average molecular weight is 351 g/mol. The fraction of sp³-hybridized carbons (Fsp3) is 0.444. The third-order valence-corrected chi connectivity index (χ3v) is 4.47. The molecule has 2 aromatic rings. The minimum absolute atomic E-state index is 0.790. The van der Waals surface area contributed by atoms with Crippen LogP contribution in [0.3, 0.4) is 0 Å². The monoisotopic (exact) mass is 350 g/mol. The molecular formula is C18H25BrNO+. The van der Waals surface area contributed by atoms with Crippen LogP contribution in [0.1, 0.15) is 32.6 Å². The maximum atomic E-state index is 5.91. The Labute approximate surface area is 136 Å². The van der Waals surface area contributed by atoms with Crippen molar-refractivity contribution in [3.63, 3.8) is 0 Å². The molecule has 0 aliphatic rings. The van der Waals surface area contributed by atoms with Crippen LogP contribution in [0.25, 0.3) is 10.8 Å². The third-order valence-electron chi connectivity index (χ3n) is 3.65. The zero-order chi connectivity index (χ0) is 14.9. The summed E-state index contributed by atoms with van der Waals surface area (Å²) in [7, 11) is 0. The molecule has 114 valence electrons. The second kappa shape index (κ2) is 9.06. The van der Waals surface area contributed by atoms with Crippen LogP contribution in [-0.4, -0.2) is 19.7 Å². The Kier molecular flexibility index (Phi) is 7.04. The highest BCUT2D eigenvalue weighted by Crippen LogP contribution is 2.33. The van der Waals surface area contributed by atoms with E-state index in [1.54, 1.807) is 0 Å². The second-order valence-corrected chi connectivity index (χ2v) is 6.17. The van der Waals surface area contributed by atoms with Gasteiger partial charge in [0.25, 0.3) is 0 Å². The molecule has 2 nitrogen and oxygen atoms in total. The summed E-state index contributed by atoms with van der Waals surface area (Å²) < 4.78 is 6.98. The summed E-state index contributed by atoms with van der Waals surface area (Å²) in [5.41, 5.74) is 0. The molecule has 0 saturated heterocycles. The highest BCUT2D eigenvalue weighted by molar-refractivity contribution is 9.10. The molecule has 0 saturated carbocycles. The molecule has 2 N–H and O–H groups in total. The molecule has 0 aromatic heterocycles. The lowest BCUT2D eigenvalue weighted by Crippen LogP contribution is -2.84. The minimum Gasteiger partial charge on any atom is -0.492 e. The maximum absolute atomic E-state index is 5.91. The first-order valence-electron chi connectivity index (χ1n) is 7.94. The fourth-order valence-electron chi connectivity index (χ4n) is 2.39. The highest BCUT2D eigenvalue weighted by Gasteiger charge is 2.05. The first-order valence-corrected chi connectivity index (χ1v) is 8.74. The van der Waals surface area contributed by atoms with Gasteiger partial charge in [-0.1, -0.05) is 43.7 Å². The van der Waals surface area contributed by atoms with Crippen molar-refractivity contribution in [2.45, 2.75) is 32.6 Å². The lowest BCUT2D eigenvalue weighted by molar-refractivity contribution is -0.655. The second-order valence-electron chi connectivity index (χ2n) is 5.37. The number of halogens is 1. The zero-order valence-corrected chi connectivity index (χ0v) is 14.4. The molecule has 0 aliphatic heterocycles. The summed E-state index contributed by atoms with van der Waals surface area (Å²) in [6.45, 7) is 5.50. The third kappa shape index (κ3) is 5.01. The van der Waals surface area contributed by atoms with E-state index in [-0.39, 0.29) is 0 Å². The smallest absolute Gasteiger partial charge is 0.134 e. The van der Waals surface area contributed by atoms with Gasteiger partial charge in [0.15, 0.2) is 0 Å². The molecule has 0 spiro atoms. The van der Waals surface area contributed by atoms with Gasteiger partial charge in [-0.2, -0.15) is 0 Å². The summed E-state index contributed by atoms with van der Waals surface area (Å²) >= 11 is 3.66. The molecular weight excluding hydrogens is 326 g/mol. The Morgan fingerprint density at radius 3 is 2.67 bits per heavy atom. The molecule has 2 aromatic carbocycles. The molecule has 3 heteroatoms. The van der Waals surface area contributed by atoms with Gasteiger partial charge in [-0.25, -0.2) is 0 Å². The van der Waals surface area contributed by atoms with E-state index in [1.807, 2.05) is 0 Å². The van der Waals surface area contributed by atoms with Crippen LogP contribution in [0.4, 0.5) is 0 Å². The lowest BCUT2D eigenvalue weighted by Gasteiger charge is -2.10. The van der Waals surface area contributed by atoms with Crippen LogP contribution in [0.2, 0.25) is 0 Å². The van der Waals surface area contributed by atoms with Crippen LogP contribution in [0, 0.1) is 0 Å². The molecule has 0 aliphatic carbocycles. The summed E-state index contributed by atoms with van der Waals surface area (Å²) in [5, 5.41) is 4.86. The molecule has 21 heavy (non-hydrogen) atoms. The van der Waals surface area contributed by atoms with E-state index in [1.165, 1.54) is 43.1 Å². The van der Waals surface area contributed by atoms with Crippen molar-refractivity contribution in [3.05, 3.63) is 40.9 Å². The largest absolute Gasteiger partial charge is 0.492 e. The number of rotatable bonds is 9. The number of hydrogen-bond donors (Lipinski definition) is 1. The number of quaternary nitrogens is 1. The normalized spacial score (nSPS) is 11.0. The Balaban J connectivity index is 1.75. The van der Waals surface area contributed by atoms with Crippen molar-refractivity contribution in [1.29, 1.82) is 0 Å². The number of nitrogens with two attached hydrogens (primary N) is 1. The molecule has 0 bridgehead atoms. The topological polar surface area (TPSA) is 25.8 Å². The molecule has 0 fully saturated rings. The van der Waals surface area contributed by atoms with E-state index in [0.29, 0.717) is 0 Å². The van der Waals surface area contributed by atoms with Gasteiger partial charge >= 0.3 is 0 Å². The van der Waals surface area contributed by atoms with Crippen LogP contribution < -0.4 is 10.1 Å². The van der Waals surface area contributed by atoms with Crippen LogP contribution in [0.15, 0.2) is 40.9 Å². The Bertz CT molecular complexity index is 556. The SMILES string of the molecule is CCCC[NH2+]CCCCOc1ccc2ccccc2c1Br. The number of unbranched alkanes of at least 4 members (excludes halogenated alkanes) is 2. The van der Waals surface area contributed by atoms with Crippen LogP contribution >= 0.6 is 15.9 Å². The quantitative estimate of drug-likeness (QED) is 0.676. The molecule has 0 radical (unpaired) electrons. The Morgan fingerprint density at radius 1 is 1.00 bits per heavy atom. The van der Waals surface area contributed by atoms with Gasteiger partial charge in [-0.15, -0.1) is 0 Å². The summed E-state index contributed by atoms with van der Waals surface area (Å²) in [5.74, 6) is 0.948. The van der Waals surface area contributed by atoms with E-state index in [2.05, 4.69) is 64.6 Å². The van der Waals surface area contributed by atoms with Crippen molar-refractivity contribution in [2.24, 2.45) is 0 Å². The van der Waals surface area contributed by atoms with Gasteiger partial charge in [0, 0.05) is 0 Å². The number of ether oxygens (including phenoxy) is 1. The lowest BCUT2D eigenvalue weighted by atomic mass is 10.1. The van der Waals surface area contributed by atoms with Gasteiger partial charge in [-0.05, 0) is 52.0 Å².